The fourth-order valence-corrected chi connectivity index (χ4v) is 2.24. The predicted molar refractivity (Wildman–Crippen MR) is 90.2 cm³/mol. The van der Waals surface area contributed by atoms with Crippen molar-refractivity contribution in [2.75, 3.05) is 12.4 Å². The number of amides is 1. The third-order valence-electron chi connectivity index (χ3n) is 3.53. The number of nitrogens with zero attached hydrogens (tertiary/aromatic N) is 3. The van der Waals surface area contributed by atoms with Gasteiger partial charge in [-0.25, -0.2) is 9.97 Å². The summed E-state index contributed by atoms with van der Waals surface area (Å²) in [4.78, 5) is 20.5. The molecule has 7 nitrogen and oxygen atoms in total. The molecule has 0 radical (unpaired) electrons. The van der Waals surface area contributed by atoms with Crippen LogP contribution in [-0.2, 0) is 6.54 Å². The predicted octanol–water partition coefficient (Wildman–Crippen LogP) is 1.99. The first-order valence-corrected chi connectivity index (χ1v) is 7.34. The lowest BCUT2D eigenvalue weighted by atomic mass is 10.2. The number of rotatable bonds is 5. The first-order chi connectivity index (χ1) is 11.7. The average molecular weight is 323 g/mol. The van der Waals surface area contributed by atoms with E-state index >= 15 is 0 Å². The van der Waals surface area contributed by atoms with Crippen LogP contribution in [0.5, 0.6) is 5.75 Å². The molecule has 1 aromatic carbocycles. The van der Waals surface area contributed by atoms with Crippen molar-refractivity contribution in [3.05, 3.63) is 66.5 Å². The molecular formula is C17H17N5O2. The van der Waals surface area contributed by atoms with Gasteiger partial charge in [-0.05, 0) is 29.8 Å². The number of hydrogen-bond acceptors (Lipinski definition) is 5. The zero-order chi connectivity index (χ0) is 16.9. The maximum absolute atomic E-state index is 12.4. The Morgan fingerprint density at radius 2 is 2.21 bits per heavy atom. The number of nitrogens with two attached hydrogens (primary N) is 1. The lowest BCUT2D eigenvalue weighted by Gasteiger charge is -2.11. The minimum absolute atomic E-state index is 0.309. The van der Waals surface area contributed by atoms with Crippen molar-refractivity contribution in [1.82, 2.24) is 14.5 Å². The zero-order valence-corrected chi connectivity index (χ0v) is 13.1. The highest BCUT2D eigenvalue weighted by Gasteiger charge is 2.11. The largest absolute Gasteiger partial charge is 0.495 e. The van der Waals surface area contributed by atoms with Crippen LogP contribution in [0.3, 0.4) is 0 Å². The number of ether oxygens (including phenoxy) is 1. The molecule has 3 N–H and O–H groups in total. The van der Waals surface area contributed by atoms with Crippen LogP contribution in [0.15, 0.2) is 55.2 Å². The van der Waals surface area contributed by atoms with E-state index in [0.29, 0.717) is 23.7 Å². The Hall–Kier alpha value is -3.19. The minimum atomic E-state index is -0.314. The summed E-state index contributed by atoms with van der Waals surface area (Å²) in [6.45, 7) is 0.405. The molecule has 0 aliphatic rings. The van der Waals surface area contributed by atoms with E-state index in [4.69, 9.17) is 10.5 Å². The fourth-order valence-electron chi connectivity index (χ4n) is 2.24. The van der Waals surface area contributed by atoms with Crippen molar-refractivity contribution in [1.29, 1.82) is 0 Å². The Morgan fingerprint density at radius 3 is 2.83 bits per heavy atom. The quantitative estimate of drug-likeness (QED) is 0.748. The van der Waals surface area contributed by atoms with Crippen LogP contribution in [0.4, 0.5) is 5.69 Å². The van der Waals surface area contributed by atoms with E-state index < -0.39 is 0 Å². The number of nitrogens with one attached hydrogen (secondary N) is 1. The van der Waals surface area contributed by atoms with Crippen LogP contribution in [0.2, 0.25) is 0 Å². The monoisotopic (exact) mass is 323 g/mol. The zero-order valence-electron chi connectivity index (χ0n) is 13.1. The van der Waals surface area contributed by atoms with Crippen molar-refractivity contribution in [2.45, 2.75) is 6.54 Å². The lowest BCUT2D eigenvalue weighted by Crippen LogP contribution is -2.14. The van der Waals surface area contributed by atoms with E-state index in [9.17, 15) is 4.79 Å². The molecular weight excluding hydrogens is 306 g/mol. The Kier molecular flexibility index (Phi) is 4.53. The first-order valence-electron chi connectivity index (χ1n) is 7.34. The molecule has 0 spiro atoms. The van der Waals surface area contributed by atoms with Gasteiger partial charge in [-0.1, -0.05) is 6.07 Å². The number of carbonyl (C=O) groups is 1. The second-order valence-electron chi connectivity index (χ2n) is 5.06. The SMILES string of the molecule is COc1cc(CN)ccc1NC(=O)c1ccc(-n2ccnc2)cn1. The van der Waals surface area contributed by atoms with Crippen LogP contribution in [-0.4, -0.2) is 27.6 Å². The normalized spacial score (nSPS) is 10.4. The molecule has 0 unspecified atom stereocenters. The summed E-state index contributed by atoms with van der Waals surface area (Å²) in [5.41, 5.74) is 8.24. The van der Waals surface area contributed by atoms with Crippen molar-refractivity contribution in [2.24, 2.45) is 5.73 Å². The number of carbonyl (C=O) groups excluding carboxylic acids is 1. The van der Waals surface area contributed by atoms with E-state index in [1.165, 1.54) is 0 Å². The second kappa shape index (κ2) is 6.93. The summed E-state index contributed by atoms with van der Waals surface area (Å²) >= 11 is 0. The molecule has 2 heterocycles. The molecule has 0 bridgehead atoms. The molecule has 1 amide bonds. The van der Waals surface area contributed by atoms with E-state index in [0.717, 1.165) is 11.3 Å². The number of anilines is 1. The third kappa shape index (κ3) is 3.26. The Bertz CT molecular complexity index is 829. The summed E-state index contributed by atoms with van der Waals surface area (Å²) in [6, 6.07) is 8.86. The van der Waals surface area contributed by atoms with Gasteiger partial charge in [0.25, 0.3) is 5.91 Å². The molecule has 7 heteroatoms. The highest BCUT2D eigenvalue weighted by atomic mass is 16.5. The minimum Gasteiger partial charge on any atom is -0.495 e. The molecule has 3 rings (SSSR count). The van der Waals surface area contributed by atoms with E-state index in [2.05, 4.69) is 15.3 Å². The molecule has 0 atom stereocenters. The van der Waals surface area contributed by atoms with Gasteiger partial charge in [0.05, 0.1) is 31.0 Å². The van der Waals surface area contributed by atoms with E-state index in [1.54, 1.807) is 56.3 Å². The summed E-state index contributed by atoms with van der Waals surface area (Å²) in [5, 5.41) is 2.80. The standard InChI is InChI=1S/C17H17N5O2/c1-24-16-8-12(9-18)2-4-14(16)21-17(23)15-5-3-13(10-20-15)22-7-6-19-11-22/h2-8,10-11H,9,18H2,1H3,(H,21,23). The second-order valence-corrected chi connectivity index (χ2v) is 5.06. The number of imidazole rings is 1. The highest BCUT2D eigenvalue weighted by Crippen LogP contribution is 2.25. The third-order valence-corrected chi connectivity index (χ3v) is 3.53. The number of pyridine rings is 1. The molecule has 0 fully saturated rings. The van der Waals surface area contributed by atoms with E-state index in [-0.39, 0.29) is 5.91 Å². The van der Waals surface area contributed by atoms with Gasteiger partial charge in [0.2, 0.25) is 0 Å². The maximum atomic E-state index is 12.4. The smallest absolute Gasteiger partial charge is 0.274 e. The molecule has 3 aromatic rings. The summed E-state index contributed by atoms with van der Waals surface area (Å²) < 4.78 is 7.10. The van der Waals surface area contributed by atoms with Gasteiger partial charge < -0.3 is 20.4 Å². The Labute approximate surface area is 139 Å². The average Bonchev–Trinajstić information content (AvgIpc) is 3.16. The molecule has 0 aliphatic heterocycles. The van der Waals surface area contributed by atoms with Crippen LogP contribution in [0.25, 0.3) is 5.69 Å². The number of methoxy groups -OCH3 is 1. The number of hydrogen-bond donors (Lipinski definition) is 2. The van der Waals surface area contributed by atoms with Crippen LogP contribution in [0.1, 0.15) is 16.1 Å². The van der Waals surface area contributed by atoms with Gasteiger partial charge in [0, 0.05) is 18.9 Å². The summed E-state index contributed by atoms with van der Waals surface area (Å²) in [7, 11) is 1.55. The first kappa shape index (κ1) is 15.7. The van der Waals surface area contributed by atoms with Crippen LogP contribution < -0.4 is 15.8 Å². The van der Waals surface area contributed by atoms with Gasteiger partial charge in [0.1, 0.15) is 11.4 Å². The molecule has 2 aromatic heterocycles. The van der Waals surface area contributed by atoms with Crippen molar-refractivity contribution >= 4 is 11.6 Å². The Morgan fingerprint density at radius 1 is 1.33 bits per heavy atom. The molecule has 0 aliphatic carbocycles. The van der Waals surface area contributed by atoms with E-state index in [1.807, 2.05) is 10.6 Å². The van der Waals surface area contributed by atoms with Gasteiger partial charge in [-0.15, -0.1) is 0 Å². The van der Waals surface area contributed by atoms with Gasteiger partial charge in [-0.3, -0.25) is 4.79 Å². The topological polar surface area (TPSA) is 95.1 Å². The summed E-state index contributed by atoms with van der Waals surface area (Å²) in [6.07, 6.45) is 6.77. The highest BCUT2D eigenvalue weighted by molar-refractivity contribution is 6.03. The summed E-state index contributed by atoms with van der Waals surface area (Å²) in [5.74, 6) is 0.243. The fraction of sp³-hybridized carbons (Fsp3) is 0.118. The maximum Gasteiger partial charge on any atom is 0.274 e. The molecule has 0 saturated carbocycles. The molecule has 0 saturated heterocycles. The van der Waals surface area contributed by atoms with Crippen LogP contribution in [0, 0.1) is 0 Å². The van der Waals surface area contributed by atoms with Crippen LogP contribution >= 0.6 is 0 Å². The van der Waals surface area contributed by atoms with Gasteiger partial charge >= 0.3 is 0 Å². The van der Waals surface area contributed by atoms with Gasteiger partial charge in [0.15, 0.2) is 0 Å². The number of aromatic nitrogens is 3. The molecule has 122 valence electrons. The number of benzene rings is 1. The van der Waals surface area contributed by atoms with Crippen molar-refractivity contribution in [3.63, 3.8) is 0 Å². The molecule has 24 heavy (non-hydrogen) atoms. The Balaban J connectivity index is 1.77. The van der Waals surface area contributed by atoms with Crippen molar-refractivity contribution in [3.8, 4) is 11.4 Å². The lowest BCUT2D eigenvalue weighted by molar-refractivity contribution is 0.102. The van der Waals surface area contributed by atoms with Crippen molar-refractivity contribution < 1.29 is 9.53 Å². The van der Waals surface area contributed by atoms with Gasteiger partial charge in [-0.2, -0.15) is 0 Å².